The molecule has 0 radical (unpaired) electrons. The van der Waals surface area contributed by atoms with Crippen molar-refractivity contribution in [1.29, 1.82) is 0 Å². The fraction of sp³-hybridized carbons (Fsp3) is 0.688. The smallest absolute Gasteiger partial charge is 0.409 e. The number of aromatic nitrogens is 1. The number of rotatable bonds is 4. The molecule has 128 valence electrons. The maximum atomic E-state index is 12.4. The largest absolute Gasteiger partial charge is 0.450 e. The highest BCUT2D eigenvalue weighted by molar-refractivity contribution is 5.92. The average Bonchev–Trinajstić information content (AvgIpc) is 2.90. The number of oxazole rings is 1. The lowest BCUT2D eigenvalue weighted by Crippen LogP contribution is -2.46. The van der Waals surface area contributed by atoms with Crippen molar-refractivity contribution in [2.75, 3.05) is 19.7 Å². The van der Waals surface area contributed by atoms with Gasteiger partial charge in [0.25, 0.3) is 5.91 Å². The molecule has 1 fully saturated rings. The highest BCUT2D eigenvalue weighted by Gasteiger charge is 2.27. The highest BCUT2D eigenvalue weighted by atomic mass is 16.6. The first-order chi connectivity index (χ1) is 10.9. The Morgan fingerprint density at radius 2 is 2.04 bits per heavy atom. The van der Waals surface area contributed by atoms with E-state index in [9.17, 15) is 9.59 Å². The molecule has 2 rings (SSSR count). The molecule has 1 N–H and O–H groups in total. The highest BCUT2D eigenvalue weighted by Crippen LogP contribution is 2.20. The van der Waals surface area contributed by atoms with Crippen molar-refractivity contribution in [3.63, 3.8) is 0 Å². The number of aryl methyl sites for hydroxylation is 1. The van der Waals surface area contributed by atoms with Crippen molar-refractivity contribution in [2.45, 2.75) is 52.5 Å². The Labute approximate surface area is 136 Å². The van der Waals surface area contributed by atoms with Crippen LogP contribution in [0.2, 0.25) is 0 Å². The van der Waals surface area contributed by atoms with E-state index in [0.717, 1.165) is 0 Å². The van der Waals surface area contributed by atoms with Crippen LogP contribution in [-0.4, -0.2) is 47.6 Å². The Hall–Kier alpha value is -2.05. The molecule has 0 aromatic carbocycles. The summed E-state index contributed by atoms with van der Waals surface area (Å²) in [6, 6.07) is 0.0265. The standard InChI is InChI=1S/C16H25N3O4/c1-5-22-16(21)19-8-6-12(7-9-19)18-15(20)14-13(10(2)3)17-11(4)23-14/h10,12H,5-9H2,1-4H3,(H,18,20). The lowest BCUT2D eigenvalue weighted by Gasteiger charge is -2.31. The molecule has 7 heteroatoms. The van der Waals surface area contributed by atoms with Crippen LogP contribution in [0.1, 0.15) is 61.7 Å². The molecule has 0 bridgehead atoms. The summed E-state index contributed by atoms with van der Waals surface area (Å²) in [4.78, 5) is 30.0. The predicted molar refractivity (Wildman–Crippen MR) is 84.4 cm³/mol. The van der Waals surface area contributed by atoms with Gasteiger partial charge in [0.05, 0.1) is 12.3 Å². The van der Waals surface area contributed by atoms with Crippen LogP contribution < -0.4 is 5.32 Å². The van der Waals surface area contributed by atoms with Crippen LogP contribution in [0, 0.1) is 6.92 Å². The number of hydrogen-bond acceptors (Lipinski definition) is 5. The van der Waals surface area contributed by atoms with Gasteiger partial charge in [0.15, 0.2) is 5.89 Å². The molecule has 1 aromatic heterocycles. The van der Waals surface area contributed by atoms with E-state index < -0.39 is 0 Å². The first-order valence-corrected chi connectivity index (χ1v) is 8.12. The second kappa shape index (κ2) is 7.48. The molecule has 1 saturated heterocycles. The summed E-state index contributed by atoms with van der Waals surface area (Å²) < 4.78 is 10.5. The Morgan fingerprint density at radius 3 is 2.61 bits per heavy atom. The zero-order valence-corrected chi connectivity index (χ0v) is 14.2. The first kappa shape index (κ1) is 17.3. The topological polar surface area (TPSA) is 84.7 Å². The summed E-state index contributed by atoms with van der Waals surface area (Å²) in [5, 5.41) is 2.98. The van der Waals surface area contributed by atoms with Crippen molar-refractivity contribution >= 4 is 12.0 Å². The number of piperidine rings is 1. The van der Waals surface area contributed by atoms with Gasteiger partial charge in [-0.2, -0.15) is 0 Å². The number of ether oxygens (including phenoxy) is 1. The number of nitrogens with one attached hydrogen (secondary N) is 1. The normalized spacial score (nSPS) is 15.8. The minimum absolute atomic E-state index is 0.0265. The quantitative estimate of drug-likeness (QED) is 0.920. The second-order valence-electron chi connectivity index (χ2n) is 6.04. The summed E-state index contributed by atoms with van der Waals surface area (Å²) in [5.41, 5.74) is 0.684. The van der Waals surface area contributed by atoms with Gasteiger partial charge in [-0.25, -0.2) is 9.78 Å². The van der Waals surface area contributed by atoms with Crippen LogP contribution >= 0.6 is 0 Å². The van der Waals surface area contributed by atoms with Crippen molar-refractivity contribution in [3.8, 4) is 0 Å². The second-order valence-corrected chi connectivity index (χ2v) is 6.04. The van der Waals surface area contributed by atoms with Crippen LogP contribution in [0.25, 0.3) is 0 Å². The van der Waals surface area contributed by atoms with Crippen molar-refractivity contribution < 1.29 is 18.7 Å². The maximum Gasteiger partial charge on any atom is 0.409 e. The Morgan fingerprint density at radius 1 is 1.39 bits per heavy atom. The van der Waals surface area contributed by atoms with Crippen LogP contribution in [0.4, 0.5) is 4.79 Å². The van der Waals surface area contributed by atoms with Crippen molar-refractivity contribution in [1.82, 2.24) is 15.2 Å². The molecular formula is C16H25N3O4. The molecule has 7 nitrogen and oxygen atoms in total. The van der Waals surface area contributed by atoms with Gasteiger partial charge < -0.3 is 19.4 Å². The minimum Gasteiger partial charge on any atom is -0.450 e. The third-order valence-electron chi connectivity index (χ3n) is 3.87. The van der Waals surface area contributed by atoms with Gasteiger partial charge >= 0.3 is 6.09 Å². The van der Waals surface area contributed by atoms with Crippen molar-refractivity contribution in [3.05, 3.63) is 17.3 Å². The lowest BCUT2D eigenvalue weighted by atomic mass is 10.0. The van der Waals surface area contributed by atoms with E-state index in [0.29, 0.717) is 49.9 Å². The monoisotopic (exact) mass is 323 g/mol. The lowest BCUT2D eigenvalue weighted by molar-refractivity contribution is 0.0838. The molecule has 2 heterocycles. The summed E-state index contributed by atoms with van der Waals surface area (Å²) in [7, 11) is 0. The summed E-state index contributed by atoms with van der Waals surface area (Å²) in [6.45, 7) is 9.01. The van der Waals surface area contributed by atoms with Crippen LogP contribution in [0.3, 0.4) is 0 Å². The fourth-order valence-electron chi connectivity index (χ4n) is 2.67. The molecule has 1 aromatic rings. The van der Waals surface area contributed by atoms with Crippen molar-refractivity contribution in [2.24, 2.45) is 0 Å². The van der Waals surface area contributed by atoms with E-state index in [-0.39, 0.29) is 24.0 Å². The van der Waals surface area contributed by atoms with E-state index in [2.05, 4.69) is 10.3 Å². The minimum atomic E-state index is -0.287. The zero-order chi connectivity index (χ0) is 17.0. The molecule has 0 unspecified atom stereocenters. The molecule has 0 atom stereocenters. The summed E-state index contributed by atoms with van der Waals surface area (Å²) in [5.74, 6) is 0.684. The van der Waals surface area contributed by atoms with E-state index in [1.807, 2.05) is 13.8 Å². The molecule has 0 saturated carbocycles. The number of carbonyl (C=O) groups is 2. The van der Waals surface area contributed by atoms with Crippen LogP contribution in [-0.2, 0) is 4.74 Å². The molecule has 23 heavy (non-hydrogen) atoms. The van der Waals surface area contributed by atoms with Crippen LogP contribution in [0.15, 0.2) is 4.42 Å². The number of nitrogens with zero attached hydrogens (tertiary/aromatic N) is 2. The van der Waals surface area contributed by atoms with Gasteiger partial charge in [-0.15, -0.1) is 0 Å². The molecule has 0 spiro atoms. The Balaban J connectivity index is 1.91. The van der Waals surface area contributed by atoms with Gasteiger partial charge in [-0.3, -0.25) is 4.79 Å². The number of amides is 2. The molecule has 1 aliphatic heterocycles. The van der Waals surface area contributed by atoms with E-state index >= 15 is 0 Å². The van der Waals surface area contributed by atoms with E-state index in [1.165, 1.54) is 0 Å². The SMILES string of the molecule is CCOC(=O)N1CCC(NC(=O)c2oc(C)nc2C(C)C)CC1. The van der Waals surface area contributed by atoms with Gasteiger partial charge in [0.1, 0.15) is 0 Å². The predicted octanol–water partition coefficient (Wildman–Crippen LogP) is 2.46. The molecule has 2 amide bonds. The summed E-state index contributed by atoms with van der Waals surface area (Å²) in [6.07, 6.45) is 1.12. The first-order valence-electron chi connectivity index (χ1n) is 8.12. The average molecular weight is 323 g/mol. The molecular weight excluding hydrogens is 298 g/mol. The van der Waals surface area contributed by atoms with Gasteiger partial charge in [-0.05, 0) is 25.7 Å². The van der Waals surface area contributed by atoms with E-state index in [4.69, 9.17) is 9.15 Å². The number of hydrogen-bond donors (Lipinski definition) is 1. The number of likely N-dealkylation sites (tertiary alicyclic amines) is 1. The third kappa shape index (κ3) is 4.24. The van der Waals surface area contributed by atoms with Crippen LogP contribution in [0.5, 0.6) is 0 Å². The Kier molecular flexibility index (Phi) is 5.63. The van der Waals surface area contributed by atoms with Gasteiger partial charge in [0.2, 0.25) is 5.76 Å². The Bertz CT molecular complexity index is 560. The van der Waals surface area contributed by atoms with Gasteiger partial charge in [0, 0.05) is 26.1 Å². The maximum absolute atomic E-state index is 12.4. The fourth-order valence-corrected chi connectivity index (χ4v) is 2.67. The van der Waals surface area contributed by atoms with E-state index in [1.54, 1.807) is 18.7 Å². The molecule has 1 aliphatic rings. The third-order valence-corrected chi connectivity index (χ3v) is 3.87. The van der Waals surface area contributed by atoms with Gasteiger partial charge in [-0.1, -0.05) is 13.8 Å². The molecule has 0 aliphatic carbocycles. The zero-order valence-electron chi connectivity index (χ0n) is 14.2. The number of carbonyl (C=O) groups excluding carboxylic acids is 2. The summed E-state index contributed by atoms with van der Waals surface area (Å²) >= 11 is 0.